The normalized spacial score (nSPS) is 10.0. The number of anilines is 1. The van der Waals surface area contributed by atoms with E-state index in [1.165, 1.54) is 0 Å². The Morgan fingerprint density at radius 2 is 1.25 bits per heavy atom. The van der Waals surface area contributed by atoms with Gasteiger partial charge in [0.1, 0.15) is 0 Å². The summed E-state index contributed by atoms with van der Waals surface area (Å²) in [7, 11) is 0. The van der Waals surface area contributed by atoms with Gasteiger partial charge >= 0.3 is 0 Å². The van der Waals surface area contributed by atoms with Crippen molar-refractivity contribution < 1.29 is 4.79 Å². The average molecular weight is 212 g/mol. The standard InChI is InChI=1S/C13H12N2O/c14-12-7-5-10(6-8-12)9-1-3-11(4-2-9)13(15)16/h1-8H,14H2,(H2,15,16). The smallest absolute Gasteiger partial charge is 0.248 e. The van der Waals surface area contributed by atoms with E-state index in [1.807, 2.05) is 36.4 Å². The second kappa shape index (κ2) is 4.06. The third-order valence-electron chi connectivity index (χ3n) is 2.41. The van der Waals surface area contributed by atoms with Gasteiger partial charge in [0.15, 0.2) is 0 Å². The minimum Gasteiger partial charge on any atom is -0.399 e. The van der Waals surface area contributed by atoms with E-state index in [0.29, 0.717) is 5.56 Å². The Morgan fingerprint density at radius 3 is 1.69 bits per heavy atom. The van der Waals surface area contributed by atoms with E-state index in [9.17, 15) is 4.79 Å². The molecule has 0 unspecified atom stereocenters. The lowest BCUT2D eigenvalue weighted by atomic mass is 10.0. The Balaban J connectivity index is 2.34. The Morgan fingerprint density at radius 1 is 0.812 bits per heavy atom. The van der Waals surface area contributed by atoms with Crippen molar-refractivity contribution >= 4 is 11.6 Å². The van der Waals surface area contributed by atoms with E-state index < -0.39 is 5.91 Å². The van der Waals surface area contributed by atoms with Gasteiger partial charge in [-0.15, -0.1) is 0 Å². The molecule has 0 aliphatic heterocycles. The molecule has 0 bridgehead atoms. The Hall–Kier alpha value is -2.29. The lowest BCUT2D eigenvalue weighted by Crippen LogP contribution is -2.10. The van der Waals surface area contributed by atoms with Crippen LogP contribution in [0.15, 0.2) is 48.5 Å². The Labute approximate surface area is 93.7 Å². The molecule has 16 heavy (non-hydrogen) atoms. The van der Waals surface area contributed by atoms with Gasteiger partial charge < -0.3 is 11.5 Å². The molecule has 3 nitrogen and oxygen atoms in total. The maximum absolute atomic E-state index is 10.9. The van der Waals surface area contributed by atoms with Crippen molar-refractivity contribution in [1.82, 2.24) is 0 Å². The quantitative estimate of drug-likeness (QED) is 0.748. The van der Waals surface area contributed by atoms with E-state index in [0.717, 1.165) is 16.8 Å². The number of hydrogen-bond acceptors (Lipinski definition) is 2. The maximum atomic E-state index is 10.9. The molecular weight excluding hydrogens is 200 g/mol. The fraction of sp³-hybridized carbons (Fsp3) is 0. The first kappa shape index (κ1) is 10.2. The summed E-state index contributed by atoms with van der Waals surface area (Å²) in [5.74, 6) is -0.413. The van der Waals surface area contributed by atoms with Gasteiger partial charge in [-0.25, -0.2) is 0 Å². The molecule has 0 radical (unpaired) electrons. The van der Waals surface area contributed by atoms with Crippen molar-refractivity contribution in [3.8, 4) is 11.1 Å². The summed E-state index contributed by atoms with van der Waals surface area (Å²) in [6.07, 6.45) is 0. The van der Waals surface area contributed by atoms with E-state index in [4.69, 9.17) is 11.5 Å². The summed E-state index contributed by atoms with van der Waals surface area (Å²) in [6.45, 7) is 0. The molecule has 2 rings (SSSR count). The molecular formula is C13H12N2O. The van der Waals surface area contributed by atoms with E-state index in [1.54, 1.807) is 12.1 Å². The van der Waals surface area contributed by atoms with Crippen molar-refractivity contribution in [3.63, 3.8) is 0 Å². The van der Waals surface area contributed by atoms with Gasteiger partial charge in [-0.2, -0.15) is 0 Å². The van der Waals surface area contributed by atoms with E-state index in [-0.39, 0.29) is 0 Å². The van der Waals surface area contributed by atoms with Gasteiger partial charge in [-0.1, -0.05) is 24.3 Å². The SMILES string of the molecule is NC(=O)c1ccc(-c2ccc(N)cc2)cc1. The molecule has 0 aromatic heterocycles. The highest BCUT2D eigenvalue weighted by Gasteiger charge is 2.01. The molecule has 3 heteroatoms. The van der Waals surface area contributed by atoms with Crippen LogP contribution in [0.25, 0.3) is 11.1 Å². The summed E-state index contributed by atoms with van der Waals surface area (Å²) in [4.78, 5) is 10.9. The predicted molar refractivity (Wildman–Crippen MR) is 64.8 cm³/mol. The summed E-state index contributed by atoms with van der Waals surface area (Å²) in [6, 6.07) is 14.7. The second-order valence-corrected chi connectivity index (χ2v) is 3.56. The first-order chi connectivity index (χ1) is 7.66. The first-order valence-corrected chi connectivity index (χ1v) is 4.92. The topological polar surface area (TPSA) is 69.1 Å². The van der Waals surface area contributed by atoms with Crippen LogP contribution in [-0.4, -0.2) is 5.91 Å². The molecule has 2 aromatic rings. The molecule has 0 saturated heterocycles. The number of benzene rings is 2. The van der Waals surface area contributed by atoms with Crippen LogP contribution in [0.5, 0.6) is 0 Å². The number of carbonyl (C=O) groups is 1. The zero-order chi connectivity index (χ0) is 11.5. The summed E-state index contributed by atoms with van der Waals surface area (Å²) >= 11 is 0. The lowest BCUT2D eigenvalue weighted by Gasteiger charge is -2.03. The number of primary amides is 1. The van der Waals surface area contributed by atoms with Crippen LogP contribution in [-0.2, 0) is 0 Å². The van der Waals surface area contributed by atoms with Gasteiger partial charge in [0, 0.05) is 11.3 Å². The van der Waals surface area contributed by atoms with Crippen LogP contribution in [0, 0.1) is 0 Å². The highest BCUT2D eigenvalue weighted by Crippen LogP contribution is 2.20. The van der Waals surface area contributed by atoms with Crippen molar-refractivity contribution in [2.75, 3.05) is 5.73 Å². The summed E-state index contributed by atoms with van der Waals surface area (Å²) in [5.41, 5.74) is 14.1. The molecule has 0 saturated carbocycles. The molecule has 4 N–H and O–H groups in total. The first-order valence-electron chi connectivity index (χ1n) is 4.92. The summed E-state index contributed by atoms with van der Waals surface area (Å²) < 4.78 is 0. The molecule has 0 atom stereocenters. The third kappa shape index (κ3) is 2.03. The molecule has 0 spiro atoms. The van der Waals surface area contributed by atoms with Crippen molar-refractivity contribution in [3.05, 3.63) is 54.1 Å². The van der Waals surface area contributed by atoms with Crippen LogP contribution in [0.3, 0.4) is 0 Å². The molecule has 0 aliphatic rings. The molecule has 0 fully saturated rings. The lowest BCUT2D eigenvalue weighted by molar-refractivity contribution is 0.100. The highest BCUT2D eigenvalue weighted by molar-refractivity contribution is 5.93. The Bertz CT molecular complexity index is 500. The van der Waals surface area contributed by atoms with E-state index >= 15 is 0 Å². The van der Waals surface area contributed by atoms with Gasteiger partial charge in [0.05, 0.1) is 0 Å². The Kier molecular flexibility index (Phi) is 2.60. The van der Waals surface area contributed by atoms with Gasteiger partial charge in [0.25, 0.3) is 0 Å². The van der Waals surface area contributed by atoms with E-state index in [2.05, 4.69) is 0 Å². The van der Waals surface area contributed by atoms with Crippen LogP contribution < -0.4 is 11.5 Å². The molecule has 1 amide bonds. The zero-order valence-electron chi connectivity index (χ0n) is 8.68. The molecule has 80 valence electrons. The van der Waals surface area contributed by atoms with Crippen LogP contribution in [0.1, 0.15) is 10.4 Å². The number of nitrogen functional groups attached to an aromatic ring is 1. The van der Waals surface area contributed by atoms with Crippen LogP contribution >= 0.6 is 0 Å². The largest absolute Gasteiger partial charge is 0.399 e. The van der Waals surface area contributed by atoms with Gasteiger partial charge in [-0.05, 0) is 35.4 Å². The zero-order valence-corrected chi connectivity index (χ0v) is 8.68. The highest BCUT2D eigenvalue weighted by atomic mass is 16.1. The third-order valence-corrected chi connectivity index (χ3v) is 2.41. The number of carbonyl (C=O) groups excluding carboxylic acids is 1. The number of amides is 1. The fourth-order valence-corrected chi connectivity index (χ4v) is 1.50. The molecule has 0 aliphatic carbocycles. The minimum atomic E-state index is -0.413. The average Bonchev–Trinajstić information content (AvgIpc) is 2.30. The molecule has 0 heterocycles. The molecule has 2 aromatic carbocycles. The van der Waals surface area contributed by atoms with Crippen LogP contribution in [0.4, 0.5) is 5.69 Å². The van der Waals surface area contributed by atoms with Gasteiger partial charge in [0.2, 0.25) is 5.91 Å². The van der Waals surface area contributed by atoms with Crippen molar-refractivity contribution in [2.45, 2.75) is 0 Å². The maximum Gasteiger partial charge on any atom is 0.248 e. The number of rotatable bonds is 2. The summed E-state index contributed by atoms with van der Waals surface area (Å²) in [5, 5.41) is 0. The second-order valence-electron chi connectivity index (χ2n) is 3.56. The number of hydrogen-bond donors (Lipinski definition) is 2. The van der Waals surface area contributed by atoms with Crippen LogP contribution in [0.2, 0.25) is 0 Å². The predicted octanol–water partition coefficient (Wildman–Crippen LogP) is 2.03. The fourth-order valence-electron chi connectivity index (χ4n) is 1.50. The number of nitrogens with two attached hydrogens (primary N) is 2. The van der Waals surface area contributed by atoms with Crippen molar-refractivity contribution in [1.29, 1.82) is 0 Å². The van der Waals surface area contributed by atoms with Gasteiger partial charge in [-0.3, -0.25) is 4.79 Å². The minimum absolute atomic E-state index is 0.413. The monoisotopic (exact) mass is 212 g/mol. The van der Waals surface area contributed by atoms with Crippen molar-refractivity contribution in [2.24, 2.45) is 5.73 Å².